The molecule has 10 rings (SSSR count). The Bertz CT molecular complexity index is 2790. The molecule has 0 unspecified atom stereocenters. The third-order valence-corrected chi connectivity index (χ3v) is 9.93. The van der Waals surface area contributed by atoms with Crippen LogP contribution >= 0.6 is 0 Å². The van der Waals surface area contributed by atoms with Crippen molar-refractivity contribution in [3.63, 3.8) is 0 Å². The van der Waals surface area contributed by atoms with Crippen LogP contribution in [0.15, 0.2) is 161 Å². The number of benzene rings is 7. The van der Waals surface area contributed by atoms with E-state index in [0.29, 0.717) is 16.3 Å². The van der Waals surface area contributed by atoms with Crippen LogP contribution in [0.2, 0.25) is 0 Å². The van der Waals surface area contributed by atoms with Crippen LogP contribution in [0.5, 0.6) is 0 Å². The van der Waals surface area contributed by atoms with Gasteiger partial charge in [0.25, 0.3) is 11.1 Å². The summed E-state index contributed by atoms with van der Waals surface area (Å²) in [6.07, 6.45) is 0. The lowest BCUT2D eigenvalue weighted by molar-refractivity contribution is 1.09. The number of hydrogen-bond donors (Lipinski definition) is 0. The van der Waals surface area contributed by atoms with Gasteiger partial charge in [-0.15, -0.1) is 0 Å². The standard InChI is InChI=1S/C44H25NO2/c46-43-37-20-9-6-17-33(37)39-24-26(25-40-34-18-7-10-21-38(34)44(47)45(43)42(39)40)27-22-11-23-36-32-15-4-3-14-30(32)28-12-1-2-13-29(28)31-16-5-8-19-35(31)41(27)36/h1-25H. The van der Waals surface area contributed by atoms with Crippen LogP contribution in [0.1, 0.15) is 0 Å². The summed E-state index contributed by atoms with van der Waals surface area (Å²) >= 11 is 0. The minimum Gasteiger partial charge on any atom is -0.268 e. The first kappa shape index (κ1) is 26.0. The second-order valence-electron chi connectivity index (χ2n) is 12.3. The number of rotatable bonds is 1. The minimum absolute atomic E-state index is 0.282. The summed E-state index contributed by atoms with van der Waals surface area (Å²) in [5.74, 6) is 0. The summed E-state index contributed by atoms with van der Waals surface area (Å²) in [5.41, 5.74) is 11.7. The molecule has 47 heavy (non-hydrogen) atoms. The summed E-state index contributed by atoms with van der Waals surface area (Å²) in [5, 5.41) is 4.54. The van der Waals surface area contributed by atoms with Crippen LogP contribution in [0.3, 0.4) is 0 Å². The van der Waals surface area contributed by atoms with Crippen LogP contribution in [-0.2, 0) is 0 Å². The van der Waals surface area contributed by atoms with E-state index in [1.54, 1.807) is 0 Å². The van der Waals surface area contributed by atoms with E-state index in [1.165, 1.54) is 43.3 Å². The SMILES string of the molecule is O=c1c2ccccc2c2cc(-c3cccc4c3-c3ccccc3-c3ccccc3-c3ccccc3-4)cc3c4ccccc4c(=O)n1c23. The normalized spacial score (nSPS) is 12.0. The zero-order valence-corrected chi connectivity index (χ0v) is 25.2. The van der Waals surface area contributed by atoms with Gasteiger partial charge in [-0.1, -0.05) is 127 Å². The maximum atomic E-state index is 13.9. The Kier molecular flexibility index (Phi) is 5.30. The summed E-state index contributed by atoms with van der Waals surface area (Å²) < 4.78 is 1.39. The van der Waals surface area contributed by atoms with E-state index in [2.05, 4.69) is 103 Å². The fraction of sp³-hybridized carbons (Fsp3) is 0. The Labute approximate surface area is 269 Å². The maximum absolute atomic E-state index is 13.9. The van der Waals surface area contributed by atoms with Gasteiger partial charge in [0.05, 0.1) is 5.52 Å². The number of aromatic nitrogens is 1. The zero-order valence-electron chi connectivity index (χ0n) is 25.2. The van der Waals surface area contributed by atoms with Gasteiger partial charge in [0.1, 0.15) is 0 Å². The molecule has 0 spiro atoms. The van der Waals surface area contributed by atoms with Crippen molar-refractivity contribution in [2.24, 2.45) is 0 Å². The first-order valence-corrected chi connectivity index (χ1v) is 15.9. The third kappa shape index (κ3) is 3.51. The molecule has 1 aliphatic rings. The molecular formula is C44H25NO2. The molecule has 3 heteroatoms. The van der Waals surface area contributed by atoms with Crippen molar-refractivity contribution >= 4 is 37.8 Å². The molecular weight excluding hydrogens is 574 g/mol. The van der Waals surface area contributed by atoms with E-state index >= 15 is 0 Å². The molecule has 0 aliphatic heterocycles. The molecule has 218 valence electrons. The highest BCUT2D eigenvalue weighted by Crippen LogP contribution is 2.51. The molecule has 9 aromatic rings. The van der Waals surface area contributed by atoms with Gasteiger partial charge in [-0.25, -0.2) is 4.40 Å². The Morgan fingerprint density at radius 3 is 1.19 bits per heavy atom. The lowest BCUT2D eigenvalue weighted by atomic mass is 9.78. The van der Waals surface area contributed by atoms with Gasteiger partial charge < -0.3 is 0 Å². The van der Waals surface area contributed by atoms with Crippen molar-refractivity contribution in [2.75, 3.05) is 0 Å². The molecule has 0 fully saturated rings. The van der Waals surface area contributed by atoms with E-state index in [9.17, 15) is 9.59 Å². The molecule has 0 N–H and O–H groups in total. The summed E-state index contributed by atoms with van der Waals surface area (Å²) in [7, 11) is 0. The molecule has 0 radical (unpaired) electrons. The van der Waals surface area contributed by atoms with Gasteiger partial charge in [-0.05, 0) is 90.7 Å². The molecule has 0 bridgehead atoms. The van der Waals surface area contributed by atoms with Crippen LogP contribution in [0.25, 0.3) is 93.5 Å². The fourth-order valence-electron chi connectivity index (χ4n) is 7.94. The van der Waals surface area contributed by atoms with Crippen LogP contribution < -0.4 is 11.1 Å². The predicted molar refractivity (Wildman–Crippen MR) is 194 cm³/mol. The van der Waals surface area contributed by atoms with Crippen molar-refractivity contribution in [1.82, 2.24) is 4.40 Å². The minimum atomic E-state index is -0.282. The van der Waals surface area contributed by atoms with Gasteiger partial charge in [0, 0.05) is 21.5 Å². The summed E-state index contributed by atoms with van der Waals surface area (Å²) in [4.78, 5) is 27.8. The van der Waals surface area contributed by atoms with Gasteiger partial charge in [0.2, 0.25) is 0 Å². The largest absolute Gasteiger partial charge is 0.268 e. The predicted octanol–water partition coefficient (Wildman–Crippen LogP) is 10.2. The number of nitrogens with zero attached hydrogens (tertiary/aromatic N) is 1. The topological polar surface area (TPSA) is 38.5 Å². The summed E-state index contributed by atoms with van der Waals surface area (Å²) in [6, 6.07) is 52.2. The van der Waals surface area contributed by atoms with Crippen molar-refractivity contribution in [3.05, 3.63) is 172 Å². The van der Waals surface area contributed by atoms with E-state index in [0.717, 1.165) is 38.2 Å². The Balaban J connectivity index is 1.41. The average Bonchev–Trinajstić information content (AvgIpc) is 3.13. The van der Waals surface area contributed by atoms with E-state index < -0.39 is 0 Å². The van der Waals surface area contributed by atoms with Gasteiger partial charge in [-0.2, -0.15) is 0 Å². The molecule has 1 aliphatic carbocycles. The Morgan fingerprint density at radius 1 is 0.319 bits per heavy atom. The second kappa shape index (κ2) is 9.59. The van der Waals surface area contributed by atoms with Crippen LogP contribution in [0, 0.1) is 0 Å². The number of fused-ring (bicyclic) bond motifs is 12. The van der Waals surface area contributed by atoms with E-state index in [4.69, 9.17) is 0 Å². The highest BCUT2D eigenvalue weighted by atomic mass is 16.2. The van der Waals surface area contributed by atoms with Crippen LogP contribution in [0.4, 0.5) is 0 Å². The van der Waals surface area contributed by atoms with Crippen molar-refractivity contribution in [3.8, 4) is 55.6 Å². The fourth-order valence-corrected chi connectivity index (χ4v) is 7.94. The average molecular weight is 600 g/mol. The first-order chi connectivity index (χ1) is 23.2. The quantitative estimate of drug-likeness (QED) is 0.139. The monoisotopic (exact) mass is 599 g/mol. The highest BCUT2D eigenvalue weighted by Gasteiger charge is 2.25. The Hall–Kier alpha value is -6.32. The number of hydrogen-bond acceptors (Lipinski definition) is 2. The van der Waals surface area contributed by atoms with E-state index in [-0.39, 0.29) is 11.1 Å². The summed E-state index contributed by atoms with van der Waals surface area (Å²) in [6.45, 7) is 0. The van der Waals surface area contributed by atoms with Crippen molar-refractivity contribution in [1.29, 1.82) is 0 Å². The molecule has 0 saturated heterocycles. The molecule has 2 heterocycles. The lowest BCUT2D eigenvalue weighted by Gasteiger charge is -2.25. The third-order valence-electron chi connectivity index (χ3n) is 9.93. The smallest absolute Gasteiger partial charge is 0.266 e. The maximum Gasteiger partial charge on any atom is 0.266 e. The Morgan fingerprint density at radius 2 is 0.681 bits per heavy atom. The molecule has 3 nitrogen and oxygen atoms in total. The van der Waals surface area contributed by atoms with Crippen LogP contribution in [-0.4, -0.2) is 4.40 Å². The lowest BCUT2D eigenvalue weighted by Crippen LogP contribution is -2.27. The molecule has 0 saturated carbocycles. The highest BCUT2D eigenvalue weighted by molar-refractivity contribution is 6.20. The van der Waals surface area contributed by atoms with E-state index in [1.807, 2.05) is 48.5 Å². The van der Waals surface area contributed by atoms with Crippen molar-refractivity contribution < 1.29 is 0 Å². The second-order valence-corrected chi connectivity index (χ2v) is 12.3. The molecule has 2 aromatic heterocycles. The molecule has 0 atom stereocenters. The molecule has 0 amide bonds. The first-order valence-electron chi connectivity index (χ1n) is 15.9. The van der Waals surface area contributed by atoms with Gasteiger partial charge in [-0.3, -0.25) is 9.59 Å². The van der Waals surface area contributed by atoms with Crippen molar-refractivity contribution in [2.45, 2.75) is 0 Å². The number of pyridine rings is 2. The van der Waals surface area contributed by atoms with Gasteiger partial charge >= 0.3 is 0 Å². The molecule has 7 aromatic carbocycles. The zero-order chi connectivity index (χ0) is 31.2. The van der Waals surface area contributed by atoms with Gasteiger partial charge in [0.15, 0.2) is 0 Å².